The van der Waals surface area contributed by atoms with Crippen molar-refractivity contribution in [2.24, 2.45) is 5.73 Å². The molecule has 3 aromatic carbocycles. The molecule has 0 aromatic heterocycles. The van der Waals surface area contributed by atoms with Crippen molar-refractivity contribution < 1.29 is 18.0 Å². The van der Waals surface area contributed by atoms with Crippen molar-refractivity contribution in [1.29, 1.82) is 0 Å². The van der Waals surface area contributed by atoms with Crippen molar-refractivity contribution in [1.82, 2.24) is 4.90 Å². The molecule has 0 saturated heterocycles. The molecule has 1 aliphatic rings. The van der Waals surface area contributed by atoms with E-state index in [2.05, 4.69) is 5.32 Å². The first-order valence-corrected chi connectivity index (χ1v) is 13.3. The standard InChI is InChI=1S/C25H24Cl2N4O4S/c1-3-30(4-2)24(33)29-17-10-12-18(13-11-17)36(34,35)31-22-14-9-16(26)15-20(22)25(28,23(31)32)19-7-5-6-8-21(19)27/h5-15H,3-4,28H2,1-2H3,(H,29,33). The summed E-state index contributed by atoms with van der Waals surface area (Å²) in [5, 5.41) is 3.23. The van der Waals surface area contributed by atoms with Gasteiger partial charge in [0.25, 0.3) is 15.9 Å². The van der Waals surface area contributed by atoms with Gasteiger partial charge in [0.1, 0.15) is 0 Å². The number of amides is 3. The lowest BCUT2D eigenvalue weighted by atomic mass is 9.85. The third-order valence-electron chi connectivity index (χ3n) is 6.12. The zero-order valence-electron chi connectivity index (χ0n) is 19.5. The zero-order valence-corrected chi connectivity index (χ0v) is 21.9. The van der Waals surface area contributed by atoms with E-state index in [9.17, 15) is 18.0 Å². The van der Waals surface area contributed by atoms with Crippen LogP contribution in [0.25, 0.3) is 0 Å². The van der Waals surface area contributed by atoms with E-state index in [1.54, 1.807) is 29.2 Å². The topological polar surface area (TPSA) is 113 Å². The minimum absolute atomic E-state index is 0.0886. The summed E-state index contributed by atoms with van der Waals surface area (Å²) in [5.41, 5.74) is 5.76. The number of nitrogens with one attached hydrogen (secondary N) is 1. The van der Waals surface area contributed by atoms with Gasteiger partial charge in [-0.2, -0.15) is 0 Å². The van der Waals surface area contributed by atoms with Gasteiger partial charge in [-0.1, -0.05) is 41.4 Å². The fraction of sp³-hybridized carbons (Fsp3) is 0.200. The van der Waals surface area contributed by atoms with E-state index in [-0.39, 0.29) is 37.8 Å². The van der Waals surface area contributed by atoms with Gasteiger partial charge < -0.3 is 16.0 Å². The highest BCUT2D eigenvalue weighted by Crippen LogP contribution is 2.47. The number of hydrogen-bond donors (Lipinski definition) is 2. The number of rotatable bonds is 6. The molecule has 36 heavy (non-hydrogen) atoms. The summed E-state index contributed by atoms with van der Waals surface area (Å²) < 4.78 is 28.1. The summed E-state index contributed by atoms with van der Waals surface area (Å²) in [5.74, 6) is -0.883. The molecule has 1 atom stereocenters. The molecule has 1 unspecified atom stereocenters. The molecule has 1 heterocycles. The number of fused-ring (bicyclic) bond motifs is 1. The van der Waals surface area contributed by atoms with Crippen LogP contribution in [-0.2, 0) is 20.4 Å². The Bertz CT molecular complexity index is 1440. The third-order valence-corrected chi connectivity index (χ3v) is 8.39. The number of halogens is 2. The second-order valence-corrected chi connectivity index (χ2v) is 10.8. The Labute approximate surface area is 219 Å². The van der Waals surface area contributed by atoms with Crippen LogP contribution in [0.15, 0.2) is 71.6 Å². The maximum atomic E-state index is 13.8. The van der Waals surface area contributed by atoms with Crippen LogP contribution in [0.1, 0.15) is 25.0 Å². The molecule has 4 rings (SSSR count). The van der Waals surface area contributed by atoms with Gasteiger partial charge in [0.05, 0.1) is 10.6 Å². The first-order chi connectivity index (χ1) is 17.0. The predicted octanol–water partition coefficient (Wildman–Crippen LogP) is 4.80. The number of benzene rings is 3. The fourth-order valence-electron chi connectivity index (χ4n) is 4.19. The predicted molar refractivity (Wildman–Crippen MR) is 141 cm³/mol. The average Bonchev–Trinajstić information content (AvgIpc) is 3.08. The van der Waals surface area contributed by atoms with Crippen LogP contribution in [0, 0.1) is 0 Å². The number of hydrogen-bond acceptors (Lipinski definition) is 5. The minimum atomic E-state index is -4.38. The van der Waals surface area contributed by atoms with E-state index >= 15 is 0 Å². The number of carbonyl (C=O) groups excluding carboxylic acids is 2. The minimum Gasteiger partial charge on any atom is -0.325 e. The Hall–Kier alpha value is -3.11. The fourth-order valence-corrected chi connectivity index (χ4v) is 6.12. The summed E-state index contributed by atoms with van der Waals surface area (Å²) in [7, 11) is -4.38. The van der Waals surface area contributed by atoms with Gasteiger partial charge in [-0.3, -0.25) is 4.79 Å². The van der Waals surface area contributed by atoms with Crippen molar-refractivity contribution in [3.05, 3.63) is 87.9 Å². The Kier molecular flexibility index (Phi) is 7.03. The van der Waals surface area contributed by atoms with E-state index in [4.69, 9.17) is 28.9 Å². The van der Waals surface area contributed by atoms with Crippen LogP contribution in [0.3, 0.4) is 0 Å². The van der Waals surface area contributed by atoms with Crippen LogP contribution in [0.5, 0.6) is 0 Å². The molecule has 0 radical (unpaired) electrons. The number of urea groups is 1. The quantitative estimate of drug-likeness (QED) is 0.460. The average molecular weight is 547 g/mol. The summed E-state index contributed by atoms with van der Waals surface area (Å²) in [6, 6.07) is 16.2. The molecule has 0 fully saturated rings. The van der Waals surface area contributed by atoms with E-state index in [0.717, 1.165) is 0 Å². The smallest absolute Gasteiger partial charge is 0.321 e. The highest BCUT2D eigenvalue weighted by molar-refractivity contribution is 7.93. The van der Waals surface area contributed by atoms with E-state index in [1.807, 2.05) is 13.8 Å². The number of carbonyl (C=O) groups is 2. The SMILES string of the molecule is CCN(CC)C(=O)Nc1ccc(S(=O)(=O)N2C(=O)C(N)(c3ccccc3Cl)c3cc(Cl)ccc32)cc1. The molecule has 188 valence electrons. The highest BCUT2D eigenvalue weighted by atomic mass is 35.5. The molecule has 0 saturated carbocycles. The summed E-state index contributed by atoms with van der Waals surface area (Å²) >= 11 is 12.6. The van der Waals surface area contributed by atoms with Crippen molar-refractivity contribution in [3.8, 4) is 0 Å². The van der Waals surface area contributed by atoms with Gasteiger partial charge in [-0.25, -0.2) is 17.5 Å². The lowest BCUT2D eigenvalue weighted by Crippen LogP contribution is -2.49. The highest BCUT2D eigenvalue weighted by Gasteiger charge is 2.54. The Morgan fingerprint density at radius 1 is 1.00 bits per heavy atom. The van der Waals surface area contributed by atoms with Crippen molar-refractivity contribution >= 4 is 56.5 Å². The Morgan fingerprint density at radius 3 is 2.25 bits per heavy atom. The molecule has 1 aliphatic heterocycles. The number of sulfonamides is 1. The first-order valence-electron chi connectivity index (χ1n) is 11.1. The van der Waals surface area contributed by atoms with Gasteiger partial charge in [0.2, 0.25) is 0 Å². The monoisotopic (exact) mass is 546 g/mol. The Morgan fingerprint density at radius 2 is 1.64 bits per heavy atom. The molecule has 11 heteroatoms. The lowest BCUT2D eigenvalue weighted by Gasteiger charge is -2.25. The van der Waals surface area contributed by atoms with Crippen LogP contribution in [-0.4, -0.2) is 38.3 Å². The normalized spacial score (nSPS) is 17.1. The van der Waals surface area contributed by atoms with E-state index < -0.39 is 21.5 Å². The summed E-state index contributed by atoms with van der Waals surface area (Å²) in [6.45, 7) is 4.77. The molecule has 8 nitrogen and oxygen atoms in total. The largest absolute Gasteiger partial charge is 0.325 e. The van der Waals surface area contributed by atoms with Gasteiger partial charge in [0, 0.05) is 39.9 Å². The van der Waals surface area contributed by atoms with Crippen LogP contribution in [0.4, 0.5) is 16.2 Å². The Balaban J connectivity index is 1.75. The van der Waals surface area contributed by atoms with Crippen molar-refractivity contribution in [2.45, 2.75) is 24.3 Å². The number of nitrogens with two attached hydrogens (primary N) is 1. The van der Waals surface area contributed by atoms with E-state index in [0.29, 0.717) is 23.1 Å². The molecule has 3 aromatic rings. The van der Waals surface area contributed by atoms with Gasteiger partial charge in [-0.05, 0) is 62.4 Å². The zero-order chi connectivity index (χ0) is 26.3. The van der Waals surface area contributed by atoms with Crippen molar-refractivity contribution in [3.63, 3.8) is 0 Å². The van der Waals surface area contributed by atoms with E-state index in [1.165, 1.54) is 42.5 Å². The molecule has 3 N–H and O–H groups in total. The number of anilines is 2. The second kappa shape index (κ2) is 9.74. The molecule has 0 aliphatic carbocycles. The number of nitrogens with zero attached hydrogens (tertiary/aromatic N) is 2. The molecule has 0 bridgehead atoms. The third kappa shape index (κ3) is 4.22. The summed E-state index contributed by atoms with van der Waals surface area (Å²) in [6.07, 6.45) is 0. The molecular weight excluding hydrogens is 523 g/mol. The van der Waals surface area contributed by atoms with Crippen LogP contribution < -0.4 is 15.4 Å². The van der Waals surface area contributed by atoms with Gasteiger partial charge >= 0.3 is 6.03 Å². The molecular formula is C25H24Cl2N4O4S. The maximum absolute atomic E-state index is 13.8. The maximum Gasteiger partial charge on any atom is 0.321 e. The first kappa shape index (κ1) is 26.0. The second-order valence-electron chi connectivity index (χ2n) is 8.15. The van der Waals surface area contributed by atoms with Crippen LogP contribution in [0.2, 0.25) is 10.0 Å². The van der Waals surface area contributed by atoms with Gasteiger partial charge in [0.15, 0.2) is 5.54 Å². The van der Waals surface area contributed by atoms with Crippen molar-refractivity contribution in [2.75, 3.05) is 22.7 Å². The summed E-state index contributed by atoms with van der Waals surface area (Å²) in [4.78, 5) is 27.5. The lowest BCUT2D eigenvalue weighted by molar-refractivity contribution is -0.120. The molecule has 3 amide bonds. The molecule has 0 spiro atoms. The van der Waals surface area contributed by atoms with Crippen LogP contribution >= 0.6 is 23.2 Å². The van der Waals surface area contributed by atoms with Gasteiger partial charge in [-0.15, -0.1) is 0 Å².